The van der Waals surface area contributed by atoms with Crippen molar-refractivity contribution in [1.29, 1.82) is 0 Å². The van der Waals surface area contributed by atoms with Gasteiger partial charge in [0.05, 0.1) is 29.7 Å². The lowest BCUT2D eigenvalue weighted by Crippen LogP contribution is -2.35. The highest BCUT2D eigenvalue weighted by atomic mass is 35.5. The Morgan fingerprint density at radius 3 is 2.59 bits per heavy atom. The molecule has 0 saturated carbocycles. The zero-order valence-corrected chi connectivity index (χ0v) is 18.8. The van der Waals surface area contributed by atoms with E-state index in [2.05, 4.69) is 10.3 Å². The quantitative estimate of drug-likeness (QED) is 0.408. The van der Waals surface area contributed by atoms with Crippen LogP contribution >= 0.6 is 23.8 Å². The van der Waals surface area contributed by atoms with Gasteiger partial charge in [0.1, 0.15) is 5.75 Å². The van der Waals surface area contributed by atoms with Crippen LogP contribution in [-0.2, 0) is 19.3 Å². The molecule has 1 aromatic heterocycles. The van der Waals surface area contributed by atoms with Gasteiger partial charge in [0, 0.05) is 32.0 Å². The maximum Gasteiger partial charge on any atom is 0.416 e. The number of nitrogens with zero attached hydrogens (tertiary/aromatic N) is 3. The fourth-order valence-corrected chi connectivity index (χ4v) is 3.49. The molecule has 32 heavy (non-hydrogen) atoms. The van der Waals surface area contributed by atoms with Gasteiger partial charge in [-0.25, -0.2) is 4.98 Å². The van der Waals surface area contributed by atoms with Crippen molar-refractivity contribution in [3.63, 3.8) is 0 Å². The number of imidazole rings is 1. The molecule has 0 amide bonds. The van der Waals surface area contributed by atoms with Crippen LogP contribution in [0.3, 0.4) is 0 Å². The Labute approximate surface area is 194 Å². The van der Waals surface area contributed by atoms with Crippen molar-refractivity contribution in [2.24, 2.45) is 0 Å². The molecule has 0 aliphatic rings. The first-order chi connectivity index (χ1) is 15.3. The predicted octanol–water partition coefficient (Wildman–Crippen LogP) is 5.85. The number of halogens is 4. The number of aryl methyl sites for hydroxylation is 1. The summed E-state index contributed by atoms with van der Waals surface area (Å²) in [5, 5.41) is 3.33. The number of alkyl halides is 3. The van der Waals surface area contributed by atoms with Crippen LogP contribution in [0.25, 0.3) is 0 Å². The van der Waals surface area contributed by atoms with Crippen molar-refractivity contribution in [1.82, 2.24) is 14.5 Å². The second kappa shape index (κ2) is 10.7. The van der Waals surface area contributed by atoms with Gasteiger partial charge in [-0.1, -0.05) is 23.7 Å². The smallest absolute Gasteiger partial charge is 0.416 e. The first-order valence-corrected chi connectivity index (χ1v) is 10.6. The second-order valence-electron chi connectivity index (χ2n) is 7.05. The van der Waals surface area contributed by atoms with Crippen molar-refractivity contribution >= 4 is 34.6 Å². The summed E-state index contributed by atoms with van der Waals surface area (Å²) in [6.07, 6.45) is 1.58. The Kier molecular flexibility index (Phi) is 7.98. The van der Waals surface area contributed by atoms with Gasteiger partial charge in [-0.15, -0.1) is 0 Å². The summed E-state index contributed by atoms with van der Waals surface area (Å²) in [5.41, 5.74) is 0.294. The third-order valence-electron chi connectivity index (χ3n) is 4.76. The Morgan fingerprint density at radius 2 is 1.97 bits per heavy atom. The minimum absolute atomic E-state index is 0.112. The molecule has 3 rings (SSSR count). The van der Waals surface area contributed by atoms with Crippen LogP contribution < -0.4 is 10.1 Å². The lowest BCUT2D eigenvalue weighted by atomic mass is 10.2. The number of thiocarbonyl (C=S) groups is 1. The summed E-state index contributed by atoms with van der Waals surface area (Å²) in [5.74, 6) is 0.733. The highest BCUT2D eigenvalue weighted by Gasteiger charge is 2.31. The van der Waals surface area contributed by atoms with Crippen LogP contribution in [-0.4, -0.2) is 33.2 Å². The minimum atomic E-state index is -4.48. The van der Waals surface area contributed by atoms with E-state index in [0.29, 0.717) is 13.1 Å². The Bertz CT molecular complexity index is 1030. The number of aromatic nitrogens is 2. The lowest BCUT2D eigenvalue weighted by molar-refractivity contribution is -0.137. The van der Waals surface area contributed by atoms with Gasteiger partial charge in [0.15, 0.2) is 5.11 Å². The molecule has 0 bridgehead atoms. The van der Waals surface area contributed by atoms with Crippen LogP contribution in [0.2, 0.25) is 5.02 Å². The monoisotopic (exact) mass is 482 g/mol. The molecule has 0 unspecified atom stereocenters. The molecule has 0 aliphatic carbocycles. The van der Waals surface area contributed by atoms with Crippen LogP contribution in [0.4, 0.5) is 18.9 Å². The molecule has 3 aromatic rings. The van der Waals surface area contributed by atoms with Crippen LogP contribution in [0, 0.1) is 0 Å². The third-order valence-corrected chi connectivity index (χ3v) is 5.45. The highest BCUT2D eigenvalue weighted by molar-refractivity contribution is 7.80. The van der Waals surface area contributed by atoms with Gasteiger partial charge in [0.2, 0.25) is 0 Å². The highest BCUT2D eigenvalue weighted by Crippen LogP contribution is 2.34. The summed E-state index contributed by atoms with van der Waals surface area (Å²) in [6.45, 7) is 1.77. The van der Waals surface area contributed by atoms with Gasteiger partial charge in [-0.05, 0) is 54.5 Å². The van der Waals surface area contributed by atoms with Crippen molar-refractivity contribution in [2.45, 2.75) is 25.7 Å². The predicted molar refractivity (Wildman–Crippen MR) is 123 cm³/mol. The zero-order valence-electron chi connectivity index (χ0n) is 17.3. The van der Waals surface area contributed by atoms with E-state index in [1.807, 2.05) is 39.9 Å². The summed E-state index contributed by atoms with van der Waals surface area (Å²) in [6, 6.07) is 10.6. The Balaban J connectivity index is 1.75. The molecule has 0 fully saturated rings. The molecule has 1 heterocycles. The first-order valence-electron chi connectivity index (χ1n) is 9.77. The summed E-state index contributed by atoms with van der Waals surface area (Å²) in [4.78, 5) is 5.92. The maximum absolute atomic E-state index is 13.1. The first kappa shape index (κ1) is 23.9. The largest absolute Gasteiger partial charge is 0.497 e. The number of rotatable bonds is 8. The molecule has 0 atom stereocenters. The Hall–Kier alpha value is -2.78. The number of hydrogen-bond acceptors (Lipinski definition) is 3. The van der Waals surface area contributed by atoms with Gasteiger partial charge in [0.25, 0.3) is 0 Å². The number of anilines is 1. The molecular formula is C22H22ClF3N4OS. The van der Waals surface area contributed by atoms with Gasteiger partial charge in [-0.3, -0.25) is 0 Å². The van der Waals surface area contributed by atoms with E-state index in [4.69, 9.17) is 28.6 Å². The second-order valence-corrected chi connectivity index (χ2v) is 7.84. The van der Waals surface area contributed by atoms with E-state index in [0.717, 1.165) is 36.4 Å². The van der Waals surface area contributed by atoms with Crippen molar-refractivity contribution < 1.29 is 17.9 Å². The number of hydrogen-bond donors (Lipinski definition) is 1. The maximum atomic E-state index is 13.1. The molecular weight excluding hydrogens is 461 g/mol. The number of nitrogens with one attached hydrogen (secondary N) is 1. The van der Waals surface area contributed by atoms with E-state index < -0.39 is 11.7 Å². The van der Waals surface area contributed by atoms with Crippen molar-refractivity contribution in [3.05, 3.63) is 77.3 Å². The standard InChI is InChI=1S/C22H22ClF3N4OS/c1-31-18-6-3-16(4-7-18)14-30(11-2-10-29-12-9-27-15-29)21(32)28-20-13-17(22(24,25)26)5-8-19(20)23/h3-9,12-13,15H,2,10-11,14H2,1H3,(H,28,32). The van der Waals surface area contributed by atoms with Crippen LogP contribution in [0.15, 0.2) is 61.2 Å². The zero-order chi connectivity index (χ0) is 23.1. The molecule has 0 spiro atoms. The fourth-order valence-electron chi connectivity index (χ4n) is 3.06. The molecule has 0 saturated heterocycles. The van der Waals surface area contributed by atoms with Gasteiger partial charge >= 0.3 is 6.18 Å². The number of benzene rings is 2. The topological polar surface area (TPSA) is 42.3 Å². The average molecular weight is 483 g/mol. The molecule has 10 heteroatoms. The summed E-state index contributed by atoms with van der Waals surface area (Å²) in [7, 11) is 1.59. The third kappa shape index (κ3) is 6.61. The van der Waals surface area contributed by atoms with E-state index in [9.17, 15) is 13.2 Å². The molecule has 170 valence electrons. The van der Waals surface area contributed by atoms with Crippen molar-refractivity contribution in [2.75, 3.05) is 19.0 Å². The minimum Gasteiger partial charge on any atom is -0.497 e. The summed E-state index contributed by atoms with van der Waals surface area (Å²) < 4.78 is 46.5. The van der Waals surface area contributed by atoms with Crippen LogP contribution in [0.5, 0.6) is 5.75 Å². The van der Waals surface area contributed by atoms with E-state index in [1.165, 1.54) is 6.07 Å². The number of methoxy groups -OCH3 is 1. The SMILES string of the molecule is COc1ccc(CN(CCCn2ccnc2)C(=S)Nc2cc(C(F)(F)F)ccc2Cl)cc1. The van der Waals surface area contributed by atoms with Crippen LogP contribution in [0.1, 0.15) is 17.5 Å². The Morgan fingerprint density at radius 1 is 1.22 bits per heavy atom. The van der Waals surface area contributed by atoms with Gasteiger partial charge in [-0.2, -0.15) is 13.2 Å². The van der Waals surface area contributed by atoms with Gasteiger partial charge < -0.3 is 19.5 Å². The van der Waals surface area contributed by atoms with E-state index in [1.54, 1.807) is 19.6 Å². The molecule has 2 aromatic carbocycles. The molecule has 0 aliphatic heterocycles. The normalized spacial score (nSPS) is 11.3. The molecule has 5 nitrogen and oxygen atoms in total. The van der Waals surface area contributed by atoms with E-state index in [-0.39, 0.29) is 15.8 Å². The summed E-state index contributed by atoms with van der Waals surface area (Å²) >= 11 is 11.7. The molecule has 0 radical (unpaired) electrons. The molecule has 1 N–H and O–H groups in total. The average Bonchev–Trinajstić information content (AvgIpc) is 3.27. The van der Waals surface area contributed by atoms with E-state index >= 15 is 0 Å². The van der Waals surface area contributed by atoms with Crippen molar-refractivity contribution in [3.8, 4) is 5.75 Å². The number of ether oxygens (including phenoxy) is 1. The lowest BCUT2D eigenvalue weighted by Gasteiger charge is -2.27. The fraction of sp³-hybridized carbons (Fsp3) is 0.273.